The van der Waals surface area contributed by atoms with E-state index >= 15 is 0 Å². The molecule has 0 aliphatic rings. The fourth-order valence-electron chi connectivity index (χ4n) is 2.72. The number of benzene rings is 3. The number of halogens is 2. The highest BCUT2D eigenvalue weighted by molar-refractivity contribution is 7.92. The highest BCUT2D eigenvalue weighted by Crippen LogP contribution is 2.25. The third-order valence-corrected chi connectivity index (χ3v) is 6.10. The summed E-state index contributed by atoms with van der Waals surface area (Å²) in [7, 11) is -2.33. The van der Waals surface area contributed by atoms with Gasteiger partial charge in [-0.15, -0.1) is 0 Å². The maximum Gasteiger partial charge on any atom is 0.265 e. The summed E-state index contributed by atoms with van der Waals surface area (Å²) in [5, 5.41) is 3.30. The second-order valence-corrected chi connectivity index (χ2v) is 9.27. The van der Waals surface area contributed by atoms with Gasteiger partial charge in [0, 0.05) is 21.8 Å². The highest BCUT2D eigenvalue weighted by Gasteiger charge is 2.17. The first-order valence-corrected chi connectivity index (χ1v) is 11.6. The highest BCUT2D eigenvalue weighted by atomic mass is 35.5. The first-order valence-electron chi connectivity index (χ1n) is 9.37. The molecule has 168 valence electrons. The number of hydrogen-bond acceptors (Lipinski definition) is 5. The van der Waals surface area contributed by atoms with E-state index in [1.807, 2.05) is 0 Å². The Bertz CT molecular complexity index is 1200. The lowest BCUT2D eigenvalue weighted by atomic mass is 10.3. The number of carbonyl (C=O) groups is 1. The van der Waals surface area contributed by atoms with Crippen molar-refractivity contribution in [3.8, 4) is 11.5 Å². The molecule has 0 heterocycles. The van der Waals surface area contributed by atoms with E-state index in [0.717, 1.165) is 0 Å². The van der Waals surface area contributed by atoms with Gasteiger partial charge in [-0.25, -0.2) is 8.42 Å². The van der Waals surface area contributed by atoms with Gasteiger partial charge in [0.1, 0.15) is 11.5 Å². The van der Waals surface area contributed by atoms with E-state index in [2.05, 4.69) is 10.0 Å². The Labute approximate surface area is 196 Å². The van der Waals surface area contributed by atoms with Crippen molar-refractivity contribution in [2.45, 2.75) is 17.9 Å². The van der Waals surface area contributed by atoms with E-state index < -0.39 is 22.0 Å². The average molecular weight is 495 g/mol. The maximum atomic E-state index is 12.6. The largest absolute Gasteiger partial charge is 0.497 e. The Morgan fingerprint density at radius 3 is 2.16 bits per heavy atom. The van der Waals surface area contributed by atoms with E-state index in [0.29, 0.717) is 27.2 Å². The molecule has 3 aromatic carbocycles. The number of methoxy groups -OCH3 is 1. The van der Waals surface area contributed by atoms with Crippen molar-refractivity contribution >= 4 is 50.5 Å². The molecule has 0 saturated carbocycles. The standard InChI is InChI=1S/C22H20Cl2N2O5S/c1-14(31-20-5-3-4-19(13-20)30-2)22(27)25-17-6-8-21(9-7-17)32(28,29)26-18-11-15(23)10-16(24)12-18/h3-14,26H,1-2H3,(H,25,27). The van der Waals surface area contributed by atoms with Crippen molar-refractivity contribution in [3.05, 3.63) is 76.8 Å². The van der Waals surface area contributed by atoms with Crippen LogP contribution in [0.3, 0.4) is 0 Å². The molecule has 1 atom stereocenters. The van der Waals surface area contributed by atoms with Crippen LogP contribution in [0.2, 0.25) is 10.0 Å². The van der Waals surface area contributed by atoms with Gasteiger partial charge in [0.15, 0.2) is 6.10 Å². The first kappa shape index (κ1) is 23.7. The Kier molecular flexibility index (Phi) is 7.50. The minimum absolute atomic E-state index is 0.00674. The Morgan fingerprint density at radius 2 is 1.53 bits per heavy atom. The molecule has 2 N–H and O–H groups in total. The van der Waals surface area contributed by atoms with Crippen LogP contribution in [-0.2, 0) is 14.8 Å². The van der Waals surface area contributed by atoms with Gasteiger partial charge in [-0.1, -0.05) is 29.3 Å². The number of anilines is 2. The van der Waals surface area contributed by atoms with Gasteiger partial charge in [-0.2, -0.15) is 0 Å². The zero-order valence-electron chi connectivity index (χ0n) is 17.1. The smallest absolute Gasteiger partial charge is 0.265 e. The van der Waals surface area contributed by atoms with E-state index in [1.165, 1.54) is 42.5 Å². The molecule has 0 radical (unpaired) electrons. The van der Waals surface area contributed by atoms with Crippen LogP contribution in [0.4, 0.5) is 11.4 Å². The SMILES string of the molecule is COc1cccc(OC(C)C(=O)Nc2ccc(S(=O)(=O)Nc3cc(Cl)cc(Cl)c3)cc2)c1. The summed E-state index contributed by atoms with van der Waals surface area (Å²) in [5.74, 6) is 0.705. The zero-order valence-corrected chi connectivity index (χ0v) is 19.5. The number of carbonyl (C=O) groups excluding carboxylic acids is 1. The molecule has 0 saturated heterocycles. The van der Waals surface area contributed by atoms with Gasteiger partial charge in [-0.05, 0) is 61.5 Å². The monoisotopic (exact) mass is 494 g/mol. The Hall–Kier alpha value is -2.94. The van der Waals surface area contributed by atoms with Gasteiger partial charge >= 0.3 is 0 Å². The lowest BCUT2D eigenvalue weighted by molar-refractivity contribution is -0.122. The molecule has 32 heavy (non-hydrogen) atoms. The summed E-state index contributed by atoms with van der Waals surface area (Å²) in [4.78, 5) is 12.4. The lowest BCUT2D eigenvalue weighted by Gasteiger charge is -2.15. The van der Waals surface area contributed by atoms with Crippen LogP contribution in [-0.4, -0.2) is 27.5 Å². The summed E-state index contributed by atoms with van der Waals surface area (Å²) < 4.78 is 38.4. The van der Waals surface area contributed by atoms with Crippen LogP contribution < -0.4 is 19.5 Å². The quantitative estimate of drug-likeness (QED) is 0.448. The van der Waals surface area contributed by atoms with Gasteiger partial charge in [0.2, 0.25) is 0 Å². The van der Waals surface area contributed by atoms with Crippen LogP contribution in [0.25, 0.3) is 0 Å². The van der Waals surface area contributed by atoms with Crippen LogP contribution in [0.1, 0.15) is 6.92 Å². The van der Waals surface area contributed by atoms with Gasteiger partial charge in [-0.3, -0.25) is 9.52 Å². The zero-order chi connectivity index (χ0) is 23.3. The number of rotatable bonds is 8. The molecule has 7 nitrogen and oxygen atoms in total. The van der Waals surface area contributed by atoms with Crippen LogP contribution in [0.15, 0.2) is 71.6 Å². The fraction of sp³-hybridized carbons (Fsp3) is 0.136. The second-order valence-electron chi connectivity index (χ2n) is 6.72. The van der Waals surface area contributed by atoms with Crippen molar-refractivity contribution in [3.63, 3.8) is 0 Å². The van der Waals surface area contributed by atoms with Crippen LogP contribution >= 0.6 is 23.2 Å². The normalized spacial score (nSPS) is 12.0. The molecule has 3 aromatic rings. The summed E-state index contributed by atoms with van der Waals surface area (Å²) in [6.07, 6.45) is -0.792. The Morgan fingerprint density at radius 1 is 0.906 bits per heavy atom. The maximum absolute atomic E-state index is 12.6. The molecular weight excluding hydrogens is 475 g/mol. The van der Waals surface area contributed by atoms with Gasteiger partial charge < -0.3 is 14.8 Å². The lowest BCUT2D eigenvalue weighted by Crippen LogP contribution is -2.30. The summed E-state index contributed by atoms with van der Waals surface area (Å²) >= 11 is 11.8. The minimum Gasteiger partial charge on any atom is -0.497 e. The first-order chi connectivity index (χ1) is 15.2. The molecule has 0 bridgehead atoms. The van der Waals surface area contributed by atoms with E-state index in [-0.39, 0.29) is 10.6 Å². The number of ether oxygens (including phenoxy) is 2. The fourth-order valence-corrected chi connectivity index (χ4v) is 4.29. The Balaban J connectivity index is 1.64. The summed E-state index contributed by atoms with van der Waals surface area (Å²) in [6.45, 7) is 1.60. The molecule has 0 spiro atoms. The third kappa shape index (κ3) is 6.29. The van der Waals surface area contributed by atoms with Crippen molar-refractivity contribution in [2.24, 2.45) is 0 Å². The summed E-state index contributed by atoms with van der Waals surface area (Å²) in [6, 6.07) is 17.0. The van der Waals surface area contributed by atoms with Crippen molar-refractivity contribution in [1.82, 2.24) is 0 Å². The predicted molar refractivity (Wildman–Crippen MR) is 125 cm³/mol. The summed E-state index contributed by atoms with van der Waals surface area (Å²) in [5.41, 5.74) is 0.657. The molecule has 1 unspecified atom stereocenters. The van der Waals surface area contributed by atoms with Crippen molar-refractivity contribution < 1.29 is 22.7 Å². The van der Waals surface area contributed by atoms with Crippen molar-refractivity contribution in [1.29, 1.82) is 0 Å². The molecule has 0 aliphatic heterocycles. The number of sulfonamides is 1. The molecule has 1 amide bonds. The van der Waals surface area contributed by atoms with Gasteiger partial charge in [0.25, 0.3) is 15.9 Å². The molecule has 0 aromatic heterocycles. The average Bonchev–Trinajstić information content (AvgIpc) is 2.73. The molecular formula is C22H20Cl2N2O5S. The van der Waals surface area contributed by atoms with Crippen LogP contribution in [0, 0.1) is 0 Å². The molecule has 0 fully saturated rings. The van der Waals surface area contributed by atoms with E-state index in [1.54, 1.807) is 38.3 Å². The van der Waals surface area contributed by atoms with Gasteiger partial charge in [0.05, 0.1) is 17.7 Å². The topological polar surface area (TPSA) is 93.7 Å². The van der Waals surface area contributed by atoms with Crippen LogP contribution in [0.5, 0.6) is 11.5 Å². The van der Waals surface area contributed by atoms with Crippen molar-refractivity contribution in [2.75, 3.05) is 17.1 Å². The molecule has 3 rings (SSSR count). The molecule has 10 heteroatoms. The second kappa shape index (κ2) is 10.1. The minimum atomic E-state index is -3.87. The third-order valence-electron chi connectivity index (χ3n) is 4.27. The number of amides is 1. The van der Waals surface area contributed by atoms with E-state index in [9.17, 15) is 13.2 Å². The number of hydrogen-bond donors (Lipinski definition) is 2. The number of nitrogens with one attached hydrogen (secondary N) is 2. The predicted octanol–water partition coefficient (Wildman–Crippen LogP) is 5.21. The molecule has 0 aliphatic carbocycles. The van der Waals surface area contributed by atoms with E-state index in [4.69, 9.17) is 32.7 Å².